The lowest BCUT2D eigenvalue weighted by atomic mass is 10.0. The van der Waals surface area contributed by atoms with Gasteiger partial charge in [-0.15, -0.1) is 0 Å². The first-order valence-corrected chi connectivity index (χ1v) is 13.3. The molecule has 1 rings (SSSR count). The number of anilines is 1. The second kappa shape index (κ2) is 16.7. The largest absolute Gasteiger partial charge is 0.385 e. The molecule has 5 heteroatoms. The van der Waals surface area contributed by atoms with Crippen LogP contribution in [0.2, 0.25) is 0 Å². The van der Waals surface area contributed by atoms with Crippen molar-refractivity contribution < 1.29 is 13.0 Å². The zero-order chi connectivity index (χ0) is 21.2. The minimum Gasteiger partial charge on any atom is -0.385 e. The van der Waals surface area contributed by atoms with E-state index >= 15 is 0 Å². The molecule has 4 nitrogen and oxygen atoms in total. The van der Waals surface area contributed by atoms with E-state index in [4.69, 9.17) is 4.55 Å². The molecule has 29 heavy (non-hydrogen) atoms. The Morgan fingerprint density at radius 3 is 1.41 bits per heavy atom. The lowest BCUT2D eigenvalue weighted by Crippen LogP contribution is -2.02. The van der Waals surface area contributed by atoms with E-state index in [1.807, 2.05) is 0 Å². The van der Waals surface area contributed by atoms with Crippen LogP contribution in [0.25, 0.3) is 0 Å². The summed E-state index contributed by atoms with van der Waals surface area (Å²) >= 11 is 0. The van der Waals surface area contributed by atoms with Crippen molar-refractivity contribution in [3.63, 3.8) is 0 Å². The fourth-order valence-electron chi connectivity index (χ4n) is 3.65. The summed E-state index contributed by atoms with van der Waals surface area (Å²) in [5.74, 6) is 0. The normalized spacial score (nSPS) is 11.7. The first-order valence-electron chi connectivity index (χ1n) is 11.9. The second-order valence-electron chi connectivity index (χ2n) is 8.23. The Balaban J connectivity index is 1.83. The van der Waals surface area contributed by atoms with Crippen molar-refractivity contribution in [1.82, 2.24) is 0 Å². The third kappa shape index (κ3) is 14.5. The van der Waals surface area contributed by atoms with E-state index in [2.05, 4.69) is 12.2 Å². The molecule has 0 aliphatic rings. The lowest BCUT2D eigenvalue weighted by molar-refractivity contribution is 0.483. The molecule has 2 N–H and O–H groups in total. The Bertz CT molecular complexity index is 599. The van der Waals surface area contributed by atoms with Gasteiger partial charge in [-0.3, -0.25) is 4.55 Å². The van der Waals surface area contributed by atoms with Crippen molar-refractivity contribution in [1.29, 1.82) is 0 Å². The molecule has 0 amide bonds. The van der Waals surface area contributed by atoms with Gasteiger partial charge in [-0.1, -0.05) is 103 Å². The minimum absolute atomic E-state index is 0.0644. The molecule has 0 fully saturated rings. The summed E-state index contributed by atoms with van der Waals surface area (Å²) in [6.07, 6.45) is 21.9. The molecule has 0 radical (unpaired) electrons. The average Bonchev–Trinajstić information content (AvgIpc) is 2.70. The number of hydrogen-bond acceptors (Lipinski definition) is 3. The molecular weight excluding hydrogens is 382 g/mol. The highest BCUT2D eigenvalue weighted by Crippen LogP contribution is 2.15. The summed E-state index contributed by atoms with van der Waals surface area (Å²) in [6.45, 7) is 3.17. The van der Waals surface area contributed by atoms with Crippen LogP contribution in [0.4, 0.5) is 5.69 Å². The summed E-state index contributed by atoms with van der Waals surface area (Å²) in [5, 5.41) is 3.30. The van der Waals surface area contributed by atoms with E-state index < -0.39 is 10.1 Å². The summed E-state index contributed by atoms with van der Waals surface area (Å²) < 4.78 is 31.0. The van der Waals surface area contributed by atoms with Gasteiger partial charge in [0.25, 0.3) is 10.1 Å². The van der Waals surface area contributed by atoms with E-state index in [-0.39, 0.29) is 4.90 Å². The number of unbranched alkanes of at least 4 members (excludes halogenated alkanes) is 15. The van der Waals surface area contributed by atoms with Crippen molar-refractivity contribution in [2.75, 3.05) is 11.9 Å². The van der Waals surface area contributed by atoms with Crippen LogP contribution in [0.3, 0.4) is 0 Å². The molecular formula is C24H43NO3S. The van der Waals surface area contributed by atoms with Crippen molar-refractivity contribution in [2.24, 2.45) is 0 Å². The van der Waals surface area contributed by atoms with Crippen molar-refractivity contribution in [3.05, 3.63) is 24.3 Å². The third-order valence-corrected chi connectivity index (χ3v) is 6.38. The SMILES string of the molecule is CCCCCCCCCCCCCCCCCCNc1ccc(S(=O)(=O)O)cc1. The van der Waals surface area contributed by atoms with Gasteiger partial charge in [0, 0.05) is 12.2 Å². The van der Waals surface area contributed by atoms with Gasteiger partial charge < -0.3 is 5.32 Å². The first-order chi connectivity index (χ1) is 14.0. The van der Waals surface area contributed by atoms with Gasteiger partial charge in [-0.25, -0.2) is 0 Å². The highest BCUT2D eigenvalue weighted by Gasteiger charge is 2.07. The first kappa shape index (κ1) is 26.0. The molecule has 0 saturated heterocycles. The number of nitrogens with one attached hydrogen (secondary N) is 1. The number of benzene rings is 1. The standard InChI is InChI=1S/C24H43NO3S/c1-2-3-4-5-6-7-8-9-10-11-12-13-14-15-16-17-22-25-23-18-20-24(21-19-23)29(26,27)28/h18-21,25H,2-17,22H2,1H3,(H,26,27,28). The van der Waals surface area contributed by atoms with Gasteiger partial charge in [0.2, 0.25) is 0 Å². The summed E-state index contributed by atoms with van der Waals surface area (Å²) in [5.41, 5.74) is 0.887. The molecule has 0 aliphatic heterocycles. The number of rotatable bonds is 19. The van der Waals surface area contributed by atoms with Gasteiger partial charge in [0.15, 0.2) is 0 Å². The smallest absolute Gasteiger partial charge is 0.294 e. The van der Waals surface area contributed by atoms with E-state index in [0.29, 0.717) is 0 Å². The maximum absolute atomic E-state index is 11.0. The summed E-state index contributed by atoms with van der Waals surface area (Å²) in [7, 11) is -4.10. The van der Waals surface area contributed by atoms with Crippen molar-refractivity contribution >= 4 is 15.8 Å². The van der Waals surface area contributed by atoms with Crippen molar-refractivity contribution in [3.8, 4) is 0 Å². The van der Waals surface area contributed by atoms with E-state index in [0.717, 1.165) is 18.7 Å². The Labute approximate surface area is 179 Å². The van der Waals surface area contributed by atoms with Crippen LogP contribution in [0.5, 0.6) is 0 Å². The molecule has 0 saturated carbocycles. The maximum atomic E-state index is 11.0. The van der Waals surface area contributed by atoms with E-state index in [1.54, 1.807) is 12.1 Å². The zero-order valence-electron chi connectivity index (χ0n) is 18.5. The maximum Gasteiger partial charge on any atom is 0.294 e. The summed E-state index contributed by atoms with van der Waals surface area (Å²) in [4.78, 5) is -0.0644. The van der Waals surface area contributed by atoms with Crippen LogP contribution in [-0.2, 0) is 10.1 Å². The highest BCUT2D eigenvalue weighted by molar-refractivity contribution is 7.85. The van der Waals surface area contributed by atoms with E-state index in [1.165, 1.54) is 108 Å². The third-order valence-electron chi connectivity index (χ3n) is 5.51. The fourth-order valence-corrected chi connectivity index (χ4v) is 4.13. The zero-order valence-corrected chi connectivity index (χ0v) is 19.3. The van der Waals surface area contributed by atoms with Gasteiger partial charge in [0.05, 0.1) is 4.90 Å². The molecule has 0 aliphatic carbocycles. The predicted octanol–water partition coefficient (Wildman–Crippen LogP) is 7.61. The van der Waals surface area contributed by atoms with Gasteiger partial charge in [-0.05, 0) is 30.7 Å². The van der Waals surface area contributed by atoms with Gasteiger partial charge >= 0.3 is 0 Å². The molecule has 0 aromatic heterocycles. The fraction of sp³-hybridized carbons (Fsp3) is 0.750. The minimum atomic E-state index is -4.10. The van der Waals surface area contributed by atoms with Crippen LogP contribution in [0.1, 0.15) is 110 Å². The number of hydrogen-bond donors (Lipinski definition) is 2. The Hall–Kier alpha value is -1.07. The quantitative estimate of drug-likeness (QED) is 0.177. The second-order valence-corrected chi connectivity index (χ2v) is 9.65. The molecule has 1 aromatic rings. The Morgan fingerprint density at radius 2 is 1.03 bits per heavy atom. The highest BCUT2D eigenvalue weighted by atomic mass is 32.2. The molecule has 0 bridgehead atoms. The van der Waals surface area contributed by atoms with Crippen molar-refractivity contribution in [2.45, 2.75) is 115 Å². The van der Waals surface area contributed by atoms with E-state index in [9.17, 15) is 8.42 Å². The van der Waals surface area contributed by atoms with Crippen LogP contribution in [0, 0.1) is 0 Å². The van der Waals surface area contributed by atoms with Crippen LogP contribution in [-0.4, -0.2) is 19.5 Å². The predicted molar refractivity (Wildman–Crippen MR) is 124 cm³/mol. The molecule has 0 spiro atoms. The topological polar surface area (TPSA) is 66.4 Å². The monoisotopic (exact) mass is 425 g/mol. The van der Waals surface area contributed by atoms with Gasteiger partial charge in [-0.2, -0.15) is 8.42 Å². The van der Waals surface area contributed by atoms with Crippen LogP contribution >= 0.6 is 0 Å². The lowest BCUT2D eigenvalue weighted by Gasteiger charge is -2.07. The molecule has 1 aromatic carbocycles. The molecule has 0 heterocycles. The van der Waals surface area contributed by atoms with Crippen LogP contribution in [0.15, 0.2) is 29.2 Å². The molecule has 0 atom stereocenters. The van der Waals surface area contributed by atoms with Gasteiger partial charge in [0.1, 0.15) is 0 Å². The Morgan fingerprint density at radius 1 is 0.655 bits per heavy atom. The molecule has 168 valence electrons. The summed E-state index contributed by atoms with van der Waals surface area (Å²) in [6, 6.07) is 6.22. The average molecular weight is 426 g/mol. The van der Waals surface area contributed by atoms with Crippen LogP contribution < -0.4 is 5.32 Å². The molecule has 0 unspecified atom stereocenters. The Kier molecular flexibility index (Phi) is 15.0.